The summed E-state index contributed by atoms with van der Waals surface area (Å²) >= 11 is 0. The summed E-state index contributed by atoms with van der Waals surface area (Å²) in [5.74, 6) is 0.942. The summed E-state index contributed by atoms with van der Waals surface area (Å²) in [6.45, 7) is 10.5. The molecule has 2 atom stereocenters. The van der Waals surface area contributed by atoms with Crippen molar-refractivity contribution in [3.63, 3.8) is 0 Å². The Morgan fingerprint density at radius 3 is 2.67 bits per heavy atom. The monoisotopic (exact) mass is 540 g/mol. The zero-order chi connectivity index (χ0) is 28.5. The van der Waals surface area contributed by atoms with Gasteiger partial charge in [0, 0.05) is 29.3 Å². The van der Waals surface area contributed by atoms with Crippen LogP contribution in [0, 0.1) is 0 Å². The van der Waals surface area contributed by atoms with Crippen LogP contribution in [-0.4, -0.2) is 79.9 Å². The zero-order valence-electron chi connectivity index (χ0n) is 23.6. The van der Waals surface area contributed by atoms with E-state index in [9.17, 15) is 15.0 Å². The van der Waals surface area contributed by atoms with Gasteiger partial charge in [-0.3, -0.25) is 10.2 Å². The number of piperidine rings is 1. The summed E-state index contributed by atoms with van der Waals surface area (Å²) in [4.78, 5) is 18.8. The largest absolute Gasteiger partial charge is 0.495 e. The highest BCUT2D eigenvalue weighted by atomic mass is 16.6. The smallest absolute Gasteiger partial charge is 0.412 e. The molecule has 3 heterocycles. The molecule has 5 N–H and O–H groups in total. The Hall–Kier alpha value is -3.41. The number of nitrogens with zero attached hydrogens (tertiary/aromatic N) is 4. The summed E-state index contributed by atoms with van der Waals surface area (Å²) in [5, 5.41) is 27.3. The van der Waals surface area contributed by atoms with E-state index in [0.29, 0.717) is 29.3 Å². The Morgan fingerprint density at radius 2 is 2.00 bits per heavy atom. The van der Waals surface area contributed by atoms with E-state index in [-0.39, 0.29) is 12.5 Å². The second kappa shape index (κ2) is 11.0. The molecule has 1 saturated heterocycles. The summed E-state index contributed by atoms with van der Waals surface area (Å²) < 4.78 is 12.8. The molecule has 0 aliphatic carbocycles. The molecule has 3 aromatic rings. The lowest BCUT2D eigenvalue weighted by Crippen LogP contribution is -2.56. The molecule has 212 valence electrons. The first-order valence-electron chi connectivity index (χ1n) is 13.2. The average Bonchev–Trinajstić information content (AvgIpc) is 3.28. The van der Waals surface area contributed by atoms with Crippen LogP contribution in [0.15, 0.2) is 30.6 Å². The molecule has 1 amide bonds. The van der Waals surface area contributed by atoms with Crippen molar-refractivity contribution in [2.24, 2.45) is 0 Å². The highest BCUT2D eigenvalue weighted by molar-refractivity contribution is 5.92. The molecule has 1 aromatic carbocycles. The van der Waals surface area contributed by atoms with Gasteiger partial charge in [-0.05, 0) is 77.8 Å². The maximum absolute atomic E-state index is 12.3. The fraction of sp³-hybridized carbons (Fsp3) is 0.536. The number of benzene rings is 1. The predicted molar refractivity (Wildman–Crippen MR) is 150 cm³/mol. The van der Waals surface area contributed by atoms with Crippen molar-refractivity contribution in [3.8, 4) is 16.9 Å². The van der Waals surface area contributed by atoms with E-state index >= 15 is 0 Å². The van der Waals surface area contributed by atoms with Gasteiger partial charge in [-0.1, -0.05) is 6.07 Å². The van der Waals surface area contributed by atoms with Crippen LogP contribution in [0.3, 0.4) is 0 Å². The van der Waals surface area contributed by atoms with Crippen molar-refractivity contribution >= 4 is 23.1 Å². The topological polar surface area (TPSA) is 147 Å². The lowest BCUT2D eigenvalue weighted by Gasteiger charge is -2.45. The number of nitrogens with one attached hydrogen (secondary N) is 1. The maximum Gasteiger partial charge on any atom is 0.412 e. The van der Waals surface area contributed by atoms with E-state index < -0.39 is 23.3 Å². The van der Waals surface area contributed by atoms with E-state index in [1.807, 2.05) is 30.5 Å². The van der Waals surface area contributed by atoms with Crippen LogP contribution < -0.4 is 15.8 Å². The van der Waals surface area contributed by atoms with Crippen LogP contribution in [0.2, 0.25) is 0 Å². The van der Waals surface area contributed by atoms with Gasteiger partial charge in [0.15, 0.2) is 5.82 Å². The molecule has 0 bridgehead atoms. The number of aliphatic hydroxyl groups is 2. The fourth-order valence-corrected chi connectivity index (χ4v) is 5.15. The summed E-state index contributed by atoms with van der Waals surface area (Å²) in [5.41, 5.74) is 8.99. The molecule has 2 unspecified atom stereocenters. The standard InChI is InChI=1S/C28H40N6O5/c1-27(2,3)39-26(37)32-20-10-9-17(12-22(20)38-6)19-13-21(34-24(19)25(29)30-16-31-34)18-8-7-11-33(14-18)28(4,5)23(36)15-35/h9-10,12-13,16,18,23,35-36H,7-8,11,14-15H2,1-6H3,(H,32,37)(H2,29,30,31). The number of hydrogen-bond acceptors (Lipinski definition) is 9. The molecule has 1 fully saturated rings. The van der Waals surface area contributed by atoms with Crippen molar-refractivity contribution in [2.45, 2.75) is 70.6 Å². The quantitative estimate of drug-likeness (QED) is 0.352. The van der Waals surface area contributed by atoms with Crippen LogP contribution in [0.4, 0.5) is 16.3 Å². The minimum atomic E-state index is -0.853. The Kier molecular flexibility index (Phi) is 8.06. The summed E-state index contributed by atoms with van der Waals surface area (Å²) in [6.07, 6.45) is 1.91. The van der Waals surface area contributed by atoms with Crippen molar-refractivity contribution in [1.82, 2.24) is 19.5 Å². The van der Waals surface area contributed by atoms with Crippen molar-refractivity contribution in [2.75, 3.05) is 37.9 Å². The van der Waals surface area contributed by atoms with Crippen molar-refractivity contribution < 1.29 is 24.5 Å². The van der Waals surface area contributed by atoms with Gasteiger partial charge in [0.2, 0.25) is 0 Å². The number of methoxy groups -OCH3 is 1. The Morgan fingerprint density at radius 1 is 1.26 bits per heavy atom. The molecule has 1 aliphatic heterocycles. The molecule has 0 spiro atoms. The van der Waals surface area contributed by atoms with Crippen LogP contribution in [-0.2, 0) is 4.74 Å². The molecule has 4 rings (SSSR count). The minimum absolute atomic E-state index is 0.120. The molecule has 11 heteroatoms. The third kappa shape index (κ3) is 5.95. The number of amides is 1. The van der Waals surface area contributed by atoms with Crippen molar-refractivity contribution in [3.05, 3.63) is 36.3 Å². The first kappa shape index (κ1) is 28.6. The number of fused-ring (bicyclic) bond motifs is 1. The normalized spacial score (nSPS) is 17.7. The first-order valence-corrected chi connectivity index (χ1v) is 13.2. The van der Waals surface area contributed by atoms with Gasteiger partial charge in [-0.2, -0.15) is 5.10 Å². The molecule has 0 radical (unpaired) electrons. The van der Waals surface area contributed by atoms with Crippen LogP contribution in [0.25, 0.3) is 16.6 Å². The number of carbonyl (C=O) groups excluding carboxylic acids is 1. The number of anilines is 2. The average molecular weight is 541 g/mol. The minimum Gasteiger partial charge on any atom is -0.495 e. The zero-order valence-corrected chi connectivity index (χ0v) is 23.6. The third-order valence-electron chi connectivity index (χ3n) is 7.40. The van der Waals surface area contributed by atoms with Gasteiger partial charge in [0.05, 0.1) is 25.5 Å². The SMILES string of the molecule is COc1cc(-c2cc(C3CCCN(C(C)(C)C(O)CO)C3)n3ncnc(N)c23)ccc1NC(=O)OC(C)(C)C. The van der Waals surface area contributed by atoms with Gasteiger partial charge < -0.3 is 25.4 Å². The number of nitrogen functional groups attached to an aromatic ring is 1. The third-order valence-corrected chi connectivity index (χ3v) is 7.40. The molecule has 1 aliphatic rings. The highest BCUT2D eigenvalue weighted by Crippen LogP contribution is 2.39. The fourth-order valence-electron chi connectivity index (χ4n) is 5.15. The Labute approximate surface area is 228 Å². The molecular formula is C28H40N6O5. The van der Waals surface area contributed by atoms with Gasteiger partial charge in [0.1, 0.15) is 23.2 Å². The molecule has 11 nitrogen and oxygen atoms in total. The van der Waals surface area contributed by atoms with Crippen LogP contribution in [0.1, 0.15) is 59.1 Å². The van der Waals surface area contributed by atoms with E-state index in [2.05, 4.69) is 26.4 Å². The molecule has 0 saturated carbocycles. The predicted octanol–water partition coefficient (Wildman–Crippen LogP) is 3.65. The number of ether oxygens (including phenoxy) is 2. The number of hydrogen-bond donors (Lipinski definition) is 4. The van der Waals surface area contributed by atoms with E-state index in [1.54, 1.807) is 33.9 Å². The maximum atomic E-state index is 12.3. The van der Waals surface area contributed by atoms with Gasteiger partial charge in [-0.25, -0.2) is 14.3 Å². The van der Waals surface area contributed by atoms with Gasteiger partial charge in [-0.15, -0.1) is 0 Å². The lowest BCUT2D eigenvalue weighted by atomic mass is 9.87. The summed E-state index contributed by atoms with van der Waals surface area (Å²) in [6, 6.07) is 7.57. The number of rotatable bonds is 7. The Bertz CT molecular complexity index is 1330. The van der Waals surface area contributed by atoms with E-state index in [0.717, 1.165) is 36.2 Å². The van der Waals surface area contributed by atoms with E-state index in [4.69, 9.17) is 15.2 Å². The highest BCUT2D eigenvalue weighted by Gasteiger charge is 2.38. The number of carbonyl (C=O) groups is 1. The number of aromatic nitrogens is 3. The van der Waals surface area contributed by atoms with E-state index in [1.165, 1.54) is 6.33 Å². The Balaban J connectivity index is 1.71. The van der Waals surface area contributed by atoms with Crippen LogP contribution in [0.5, 0.6) is 5.75 Å². The lowest BCUT2D eigenvalue weighted by molar-refractivity contribution is -0.0480. The second-order valence-corrected chi connectivity index (χ2v) is 11.6. The van der Waals surface area contributed by atoms with Crippen LogP contribution >= 0.6 is 0 Å². The number of likely N-dealkylation sites (tertiary alicyclic amines) is 1. The van der Waals surface area contributed by atoms with Gasteiger partial charge >= 0.3 is 6.09 Å². The van der Waals surface area contributed by atoms with Crippen molar-refractivity contribution in [1.29, 1.82) is 0 Å². The second-order valence-electron chi connectivity index (χ2n) is 11.6. The van der Waals surface area contributed by atoms with Gasteiger partial charge in [0.25, 0.3) is 0 Å². The number of aliphatic hydroxyl groups excluding tert-OH is 2. The molecule has 2 aromatic heterocycles. The number of nitrogens with two attached hydrogens (primary N) is 1. The first-order chi connectivity index (χ1) is 18.4. The molecular weight excluding hydrogens is 500 g/mol. The molecule has 39 heavy (non-hydrogen) atoms. The summed E-state index contributed by atoms with van der Waals surface area (Å²) in [7, 11) is 1.54.